The van der Waals surface area contributed by atoms with Crippen molar-refractivity contribution in [3.63, 3.8) is 0 Å². The Bertz CT molecular complexity index is 922. The smallest absolute Gasteiger partial charge is 0.328 e. The lowest BCUT2D eigenvalue weighted by Crippen LogP contribution is -2.45. The fourth-order valence-corrected chi connectivity index (χ4v) is 2.74. The van der Waals surface area contributed by atoms with E-state index in [0.717, 1.165) is 0 Å². The van der Waals surface area contributed by atoms with Gasteiger partial charge in [0.25, 0.3) is 5.56 Å². The maximum atomic E-state index is 12.7. The van der Waals surface area contributed by atoms with Crippen LogP contribution in [0.3, 0.4) is 0 Å². The highest BCUT2D eigenvalue weighted by Gasteiger charge is 2.24. The van der Waals surface area contributed by atoms with Gasteiger partial charge < -0.3 is 19.5 Å². The minimum atomic E-state index is -0.735. The third-order valence-electron chi connectivity index (χ3n) is 4.35. The van der Waals surface area contributed by atoms with Gasteiger partial charge in [0.05, 0.1) is 38.6 Å². The molecule has 2 rings (SSSR count). The van der Waals surface area contributed by atoms with Crippen LogP contribution in [0.15, 0.2) is 23.3 Å². The van der Waals surface area contributed by atoms with E-state index in [9.17, 15) is 14.4 Å². The Morgan fingerprint density at radius 3 is 2.36 bits per heavy atom. The highest BCUT2D eigenvalue weighted by Crippen LogP contribution is 2.29. The first kappa shape index (κ1) is 21.2. The van der Waals surface area contributed by atoms with Crippen molar-refractivity contribution in [2.45, 2.75) is 32.9 Å². The molecule has 0 aliphatic heterocycles. The van der Waals surface area contributed by atoms with Crippen molar-refractivity contribution >= 4 is 22.8 Å². The van der Waals surface area contributed by atoms with Crippen LogP contribution >= 0.6 is 0 Å². The number of hydrogen-bond donors (Lipinski definition) is 1. The number of carbonyl (C=O) groups is 2. The van der Waals surface area contributed by atoms with Gasteiger partial charge in [-0.1, -0.05) is 13.8 Å². The number of fused-ring (bicyclic) bond motifs is 1. The van der Waals surface area contributed by atoms with Crippen LogP contribution in [0.5, 0.6) is 11.5 Å². The summed E-state index contributed by atoms with van der Waals surface area (Å²) in [7, 11) is 4.26. The van der Waals surface area contributed by atoms with E-state index in [-0.39, 0.29) is 30.3 Å². The van der Waals surface area contributed by atoms with Gasteiger partial charge in [0.1, 0.15) is 6.04 Å². The van der Waals surface area contributed by atoms with Crippen LogP contribution in [0.4, 0.5) is 0 Å². The van der Waals surface area contributed by atoms with Crippen molar-refractivity contribution in [1.82, 2.24) is 14.9 Å². The van der Waals surface area contributed by atoms with E-state index in [1.54, 1.807) is 26.0 Å². The summed E-state index contributed by atoms with van der Waals surface area (Å²) in [5, 5.41) is 3.00. The molecule has 1 amide bonds. The van der Waals surface area contributed by atoms with Gasteiger partial charge in [-0.25, -0.2) is 9.78 Å². The number of aromatic nitrogens is 2. The fourth-order valence-electron chi connectivity index (χ4n) is 2.74. The number of nitrogens with one attached hydrogen (secondary N) is 1. The molecular formula is C19H25N3O6. The average Bonchev–Trinajstić information content (AvgIpc) is 2.69. The van der Waals surface area contributed by atoms with E-state index in [1.165, 1.54) is 32.2 Å². The summed E-state index contributed by atoms with van der Waals surface area (Å²) in [6, 6.07) is 2.45. The lowest BCUT2D eigenvalue weighted by Gasteiger charge is -2.19. The molecular weight excluding hydrogens is 366 g/mol. The van der Waals surface area contributed by atoms with E-state index in [2.05, 4.69) is 10.3 Å². The van der Waals surface area contributed by atoms with Crippen LogP contribution in [-0.2, 0) is 20.9 Å². The van der Waals surface area contributed by atoms with E-state index in [4.69, 9.17) is 14.2 Å². The lowest BCUT2D eigenvalue weighted by atomic mass is 10.0. The van der Waals surface area contributed by atoms with Crippen LogP contribution in [-0.4, -0.2) is 48.8 Å². The highest BCUT2D eigenvalue weighted by atomic mass is 16.5. The van der Waals surface area contributed by atoms with Crippen molar-refractivity contribution in [1.29, 1.82) is 0 Å². The molecule has 0 saturated heterocycles. The van der Waals surface area contributed by atoms with Gasteiger partial charge in [-0.2, -0.15) is 0 Å². The minimum Gasteiger partial charge on any atom is -0.493 e. The Balaban J connectivity index is 2.18. The molecule has 0 spiro atoms. The topological polar surface area (TPSA) is 109 Å². The molecule has 0 fully saturated rings. The summed E-state index contributed by atoms with van der Waals surface area (Å²) in [6.07, 6.45) is 1.39. The number of methoxy groups -OCH3 is 3. The molecule has 9 nitrogen and oxygen atoms in total. The van der Waals surface area contributed by atoms with Crippen LogP contribution in [0, 0.1) is 5.92 Å². The van der Waals surface area contributed by atoms with Crippen molar-refractivity contribution in [2.75, 3.05) is 21.3 Å². The summed E-state index contributed by atoms with van der Waals surface area (Å²) < 4.78 is 16.5. The molecule has 0 aliphatic carbocycles. The monoisotopic (exact) mass is 391 g/mol. The van der Waals surface area contributed by atoms with Crippen LogP contribution in [0.2, 0.25) is 0 Å². The number of benzene rings is 1. The summed E-state index contributed by atoms with van der Waals surface area (Å²) in [5.74, 6) is -0.0925. The molecule has 0 bridgehead atoms. The van der Waals surface area contributed by atoms with Gasteiger partial charge >= 0.3 is 5.97 Å². The van der Waals surface area contributed by atoms with Gasteiger partial charge in [-0.15, -0.1) is 0 Å². The first-order chi connectivity index (χ1) is 13.3. The second-order valence-corrected chi connectivity index (χ2v) is 6.53. The van der Waals surface area contributed by atoms with Crippen LogP contribution in [0.25, 0.3) is 10.9 Å². The normalized spacial score (nSPS) is 11.9. The molecule has 0 saturated carbocycles. The number of rotatable bonds is 8. The summed E-state index contributed by atoms with van der Waals surface area (Å²) in [6.45, 7) is 3.73. The van der Waals surface area contributed by atoms with Gasteiger partial charge in [0.15, 0.2) is 11.5 Å². The van der Waals surface area contributed by atoms with Gasteiger partial charge in [0, 0.05) is 19.0 Å². The zero-order chi connectivity index (χ0) is 20.8. The predicted octanol–water partition coefficient (Wildman–Crippen LogP) is 1.12. The Kier molecular flexibility index (Phi) is 6.97. The Labute approximate surface area is 162 Å². The molecule has 0 radical (unpaired) electrons. The average molecular weight is 391 g/mol. The molecule has 9 heteroatoms. The van der Waals surface area contributed by atoms with Crippen molar-refractivity contribution < 1.29 is 23.8 Å². The highest BCUT2D eigenvalue weighted by molar-refractivity contribution is 5.84. The largest absolute Gasteiger partial charge is 0.493 e. The van der Waals surface area contributed by atoms with E-state index in [1.807, 2.05) is 0 Å². The van der Waals surface area contributed by atoms with E-state index < -0.39 is 12.0 Å². The van der Waals surface area contributed by atoms with E-state index >= 15 is 0 Å². The Hall–Kier alpha value is -3.10. The fraction of sp³-hybridized carbons (Fsp3) is 0.474. The SMILES string of the molecule is COC(=O)[C@@H](NC(=O)CCn1cnc2cc(OC)c(OC)cc2c1=O)C(C)C. The number of esters is 1. The Morgan fingerprint density at radius 2 is 1.79 bits per heavy atom. The third-order valence-corrected chi connectivity index (χ3v) is 4.35. The number of amides is 1. The quantitative estimate of drug-likeness (QED) is 0.672. The summed E-state index contributed by atoms with van der Waals surface area (Å²) >= 11 is 0. The molecule has 0 aliphatic rings. The Morgan fingerprint density at radius 1 is 1.14 bits per heavy atom. The number of hydrogen-bond acceptors (Lipinski definition) is 7. The maximum Gasteiger partial charge on any atom is 0.328 e. The summed E-state index contributed by atoms with van der Waals surface area (Å²) in [5.41, 5.74) is 0.168. The van der Waals surface area contributed by atoms with Gasteiger partial charge in [-0.05, 0) is 12.0 Å². The van der Waals surface area contributed by atoms with Crippen LogP contribution in [0.1, 0.15) is 20.3 Å². The van der Waals surface area contributed by atoms with Crippen molar-refractivity contribution in [3.05, 3.63) is 28.8 Å². The minimum absolute atomic E-state index is 0.0145. The first-order valence-electron chi connectivity index (χ1n) is 8.80. The molecule has 2 aromatic rings. The molecule has 28 heavy (non-hydrogen) atoms. The zero-order valence-corrected chi connectivity index (χ0v) is 16.6. The molecule has 152 valence electrons. The van der Waals surface area contributed by atoms with Gasteiger partial charge in [-0.3, -0.25) is 14.2 Å². The summed E-state index contributed by atoms with van der Waals surface area (Å²) in [4.78, 5) is 40.9. The van der Waals surface area contributed by atoms with Crippen molar-refractivity contribution in [2.24, 2.45) is 5.92 Å². The van der Waals surface area contributed by atoms with Gasteiger partial charge in [0.2, 0.25) is 5.91 Å². The number of nitrogens with zero attached hydrogens (tertiary/aromatic N) is 2. The second-order valence-electron chi connectivity index (χ2n) is 6.53. The molecule has 1 aromatic carbocycles. The number of carbonyl (C=O) groups excluding carboxylic acids is 2. The van der Waals surface area contributed by atoms with Crippen LogP contribution < -0.4 is 20.3 Å². The molecule has 1 heterocycles. The van der Waals surface area contributed by atoms with E-state index in [0.29, 0.717) is 22.4 Å². The molecule has 1 aromatic heterocycles. The number of aryl methyl sites for hydroxylation is 1. The molecule has 1 atom stereocenters. The first-order valence-corrected chi connectivity index (χ1v) is 8.80. The maximum absolute atomic E-state index is 12.7. The predicted molar refractivity (Wildman–Crippen MR) is 103 cm³/mol. The third kappa shape index (κ3) is 4.59. The number of ether oxygens (including phenoxy) is 3. The van der Waals surface area contributed by atoms with Crippen molar-refractivity contribution in [3.8, 4) is 11.5 Å². The zero-order valence-electron chi connectivity index (χ0n) is 16.6. The lowest BCUT2D eigenvalue weighted by molar-refractivity contribution is -0.146. The second kappa shape index (κ2) is 9.20. The standard InChI is InChI=1S/C19H25N3O6/c1-11(2)17(19(25)28-5)21-16(23)6-7-22-10-20-13-9-15(27-4)14(26-3)8-12(13)18(22)24/h8-11,17H,6-7H2,1-5H3,(H,21,23)/t17-/m0/s1. The molecule has 1 N–H and O–H groups in total. The molecule has 0 unspecified atom stereocenters.